The third kappa shape index (κ3) is 7.21. The van der Waals surface area contributed by atoms with Crippen molar-refractivity contribution in [2.24, 2.45) is 0 Å². The van der Waals surface area contributed by atoms with E-state index in [1.165, 1.54) is 4.90 Å². The number of hydrogen-bond acceptors (Lipinski definition) is 4. The van der Waals surface area contributed by atoms with E-state index in [2.05, 4.69) is 5.32 Å². The van der Waals surface area contributed by atoms with E-state index in [0.29, 0.717) is 22.7 Å². The first kappa shape index (κ1) is 27.7. The Morgan fingerprint density at radius 1 is 1.06 bits per heavy atom. The van der Waals surface area contributed by atoms with Gasteiger partial charge in [-0.2, -0.15) is 0 Å². The Balaban J connectivity index is 2.48. The molecule has 34 heavy (non-hydrogen) atoms. The average Bonchev–Trinajstić information content (AvgIpc) is 2.74. The van der Waals surface area contributed by atoms with Gasteiger partial charge in [0.2, 0.25) is 21.8 Å². The number of halogens is 1. The largest absolute Gasteiger partial charge is 0.352 e. The number of benzene rings is 2. The van der Waals surface area contributed by atoms with E-state index in [-0.39, 0.29) is 18.5 Å². The summed E-state index contributed by atoms with van der Waals surface area (Å²) in [6.45, 7) is 8.93. The predicted octanol–water partition coefficient (Wildman–Crippen LogP) is 4.05. The molecular formula is C25H34ClN3O4S. The summed E-state index contributed by atoms with van der Waals surface area (Å²) in [7, 11) is -3.81. The van der Waals surface area contributed by atoms with Crippen LogP contribution in [0.5, 0.6) is 0 Å². The van der Waals surface area contributed by atoms with Gasteiger partial charge in [0.25, 0.3) is 0 Å². The average molecular weight is 508 g/mol. The first-order chi connectivity index (χ1) is 15.8. The lowest BCUT2D eigenvalue weighted by Crippen LogP contribution is -2.53. The summed E-state index contributed by atoms with van der Waals surface area (Å²) in [6, 6.07) is 11.7. The van der Waals surface area contributed by atoms with Gasteiger partial charge in [-0.05, 0) is 57.4 Å². The van der Waals surface area contributed by atoms with Crippen LogP contribution in [0.3, 0.4) is 0 Å². The monoisotopic (exact) mass is 507 g/mol. The normalized spacial score (nSPS) is 12.4. The minimum absolute atomic E-state index is 0.0977. The lowest BCUT2D eigenvalue weighted by Gasteiger charge is -2.33. The molecule has 0 aromatic heterocycles. The van der Waals surface area contributed by atoms with E-state index in [9.17, 15) is 18.0 Å². The fourth-order valence-corrected chi connectivity index (χ4v) is 4.72. The second kappa shape index (κ2) is 11.7. The van der Waals surface area contributed by atoms with Gasteiger partial charge in [0.05, 0.1) is 11.9 Å². The zero-order chi connectivity index (χ0) is 25.6. The van der Waals surface area contributed by atoms with Crippen molar-refractivity contribution in [1.29, 1.82) is 0 Å². The quantitative estimate of drug-likeness (QED) is 0.525. The maximum absolute atomic E-state index is 13.6. The number of nitrogens with zero attached hydrogens (tertiary/aromatic N) is 2. The number of nitrogens with one attached hydrogen (secondary N) is 1. The molecule has 9 heteroatoms. The fourth-order valence-electron chi connectivity index (χ4n) is 3.65. The topological polar surface area (TPSA) is 86.8 Å². The van der Waals surface area contributed by atoms with Gasteiger partial charge in [0.1, 0.15) is 12.6 Å². The number of rotatable bonds is 10. The van der Waals surface area contributed by atoms with Crippen molar-refractivity contribution in [2.45, 2.75) is 59.7 Å². The van der Waals surface area contributed by atoms with Crippen LogP contribution in [-0.4, -0.2) is 50.0 Å². The lowest BCUT2D eigenvalue weighted by molar-refractivity contribution is -0.140. The zero-order valence-electron chi connectivity index (χ0n) is 20.6. The molecule has 0 heterocycles. The highest BCUT2D eigenvalue weighted by Crippen LogP contribution is 2.28. The summed E-state index contributed by atoms with van der Waals surface area (Å²) in [4.78, 5) is 28.1. The van der Waals surface area contributed by atoms with Crippen molar-refractivity contribution in [2.75, 3.05) is 17.1 Å². The molecule has 1 N–H and O–H groups in total. The predicted molar refractivity (Wildman–Crippen MR) is 137 cm³/mol. The van der Waals surface area contributed by atoms with Gasteiger partial charge in [-0.3, -0.25) is 13.9 Å². The first-order valence-corrected chi connectivity index (χ1v) is 13.5. The molecule has 0 radical (unpaired) electrons. The molecule has 2 aromatic rings. The number of anilines is 1. The van der Waals surface area contributed by atoms with Crippen LogP contribution in [0, 0.1) is 13.8 Å². The van der Waals surface area contributed by atoms with Crippen molar-refractivity contribution < 1.29 is 18.0 Å². The Labute approximate surface area is 208 Å². The van der Waals surface area contributed by atoms with Crippen LogP contribution in [0.4, 0.5) is 5.69 Å². The van der Waals surface area contributed by atoms with E-state index < -0.39 is 28.5 Å². The van der Waals surface area contributed by atoms with Crippen molar-refractivity contribution in [3.8, 4) is 0 Å². The number of carbonyl (C=O) groups excluding carboxylic acids is 2. The number of carbonyl (C=O) groups is 2. The highest BCUT2D eigenvalue weighted by atomic mass is 35.5. The van der Waals surface area contributed by atoms with Gasteiger partial charge in [-0.25, -0.2) is 8.42 Å². The molecule has 0 aliphatic heterocycles. The van der Waals surface area contributed by atoms with Gasteiger partial charge in [-0.1, -0.05) is 54.4 Å². The number of sulfonamides is 1. The second-order valence-electron chi connectivity index (χ2n) is 8.75. The summed E-state index contributed by atoms with van der Waals surface area (Å²) >= 11 is 6.22. The highest BCUT2D eigenvalue weighted by Gasteiger charge is 2.32. The summed E-state index contributed by atoms with van der Waals surface area (Å²) < 4.78 is 26.4. The number of amides is 2. The van der Waals surface area contributed by atoms with Gasteiger partial charge in [-0.15, -0.1) is 0 Å². The molecule has 0 aliphatic rings. The van der Waals surface area contributed by atoms with Crippen LogP contribution >= 0.6 is 11.6 Å². The van der Waals surface area contributed by atoms with Crippen LogP contribution in [-0.2, 0) is 26.2 Å². The summed E-state index contributed by atoms with van der Waals surface area (Å²) in [5, 5.41) is 3.27. The molecule has 0 fully saturated rings. The van der Waals surface area contributed by atoms with Crippen molar-refractivity contribution in [1.82, 2.24) is 10.2 Å². The minimum atomic E-state index is -3.81. The van der Waals surface area contributed by atoms with Crippen molar-refractivity contribution >= 4 is 39.1 Å². The molecule has 0 bridgehead atoms. The zero-order valence-corrected chi connectivity index (χ0v) is 22.2. The van der Waals surface area contributed by atoms with Crippen molar-refractivity contribution in [3.63, 3.8) is 0 Å². The Morgan fingerprint density at radius 2 is 1.68 bits per heavy atom. The molecule has 2 aromatic carbocycles. The third-order valence-corrected chi connectivity index (χ3v) is 7.01. The molecule has 0 saturated carbocycles. The summed E-state index contributed by atoms with van der Waals surface area (Å²) in [6.07, 6.45) is 1.43. The molecule has 0 aliphatic carbocycles. The van der Waals surface area contributed by atoms with Crippen LogP contribution in [0.15, 0.2) is 42.5 Å². The van der Waals surface area contributed by atoms with Gasteiger partial charge >= 0.3 is 0 Å². The van der Waals surface area contributed by atoms with Gasteiger partial charge in [0, 0.05) is 17.6 Å². The maximum atomic E-state index is 13.6. The lowest BCUT2D eigenvalue weighted by atomic mass is 10.1. The molecule has 7 nitrogen and oxygen atoms in total. The molecule has 0 saturated heterocycles. The minimum Gasteiger partial charge on any atom is -0.352 e. The molecule has 186 valence electrons. The standard InChI is InChI=1S/C25H34ClN3O4S/c1-7-22(25(31)27-17(2)3)28(15-20-13-11-18(4)12-14-20)24(30)16-29(34(6,32)33)23-10-8-9-21(26)19(23)5/h8-14,17,22H,7,15-16H2,1-6H3,(H,27,31)/t22-/m0/s1. The van der Waals surface area contributed by atoms with Crippen LogP contribution < -0.4 is 9.62 Å². The molecule has 2 amide bonds. The molecular weight excluding hydrogens is 474 g/mol. The molecule has 1 atom stereocenters. The van der Waals surface area contributed by atoms with Crippen LogP contribution in [0.2, 0.25) is 5.02 Å². The molecule has 2 rings (SSSR count). The highest BCUT2D eigenvalue weighted by molar-refractivity contribution is 7.92. The number of hydrogen-bond donors (Lipinski definition) is 1. The van der Waals surface area contributed by atoms with Gasteiger partial charge in [0.15, 0.2) is 0 Å². The Hall–Kier alpha value is -2.58. The third-order valence-electron chi connectivity index (χ3n) is 5.48. The second-order valence-corrected chi connectivity index (χ2v) is 11.1. The Morgan fingerprint density at radius 3 is 2.21 bits per heavy atom. The fraction of sp³-hybridized carbons (Fsp3) is 0.440. The van der Waals surface area contributed by atoms with Crippen molar-refractivity contribution in [3.05, 3.63) is 64.2 Å². The number of aryl methyl sites for hydroxylation is 1. The van der Waals surface area contributed by atoms with E-state index in [1.807, 2.05) is 52.0 Å². The molecule has 0 unspecified atom stereocenters. The Bertz CT molecular complexity index is 1120. The first-order valence-electron chi connectivity index (χ1n) is 11.2. The van der Waals surface area contributed by atoms with E-state index >= 15 is 0 Å². The van der Waals surface area contributed by atoms with Gasteiger partial charge < -0.3 is 10.2 Å². The smallest absolute Gasteiger partial charge is 0.244 e. The van der Waals surface area contributed by atoms with E-state index in [4.69, 9.17) is 11.6 Å². The van der Waals surface area contributed by atoms with E-state index in [0.717, 1.165) is 21.7 Å². The Kier molecular flexibility index (Phi) is 9.53. The molecule has 0 spiro atoms. The van der Waals surface area contributed by atoms with E-state index in [1.54, 1.807) is 25.1 Å². The summed E-state index contributed by atoms with van der Waals surface area (Å²) in [5.74, 6) is -0.751. The SMILES string of the molecule is CC[C@@H](C(=O)NC(C)C)N(Cc1ccc(C)cc1)C(=O)CN(c1cccc(Cl)c1C)S(C)(=O)=O. The van der Waals surface area contributed by atoms with Crippen LogP contribution in [0.1, 0.15) is 43.9 Å². The van der Waals surface area contributed by atoms with Crippen LogP contribution in [0.25, 0.3) is 0 Å². The maximum Gasteiger partial charge on any atom is 0.244 e. The summed E-state index contributed by atoms with van der Waals surface area (Å²) in [5.41, 5.74) is 2.81.